The van der Waals surface area contributed by atoms with Gasteiger partial charge in [0.1, 0.15) is 0 Å². The summed E-state index contributed by atoms with van der Waals surface area (Å²) in [5.74, 6) is 0. The van der Waals surface area contributed by atoms with Crippen LogP contribution in [0.3, 0.4) is 0 Å². The zero-order chi connectivity index (χ0) is 12.8. The Labute approximate surface area is 106 Å². The van der Waals surface area contributed by atoms with E-state index in [0.29, 0.717) is 5.41 Å². The van der Waals surface area contributed by atoms with Crippen LogP contribution in [0.5, 0.6) is 0 Å². The lowest BCUT2D eigenvalue weighted by molar-refractivity contribution is 0.625. The topological polar surface area (TPSA) is 44.9 Å². The lowest BCUT2D eigenvalue weighted by Crippen LogP contribution is -2.23. The summed E-state index contributed by atoms with van der Waals surface area (Å²) in [7, 11) is 2.00. The Morgan fingerprint density at radius 1 is 1.33 bits per heavy atom. The van der Waals surface area contributed by atoms with Gasteiger partial charge in [0.2, 0.25) is 0 Å². The molecule has 3 rings (SSSR count). The predicted molar refractivity (Wildman–Crippen MR) is 74.1 cm³/mol. The Kier molecular flexibility index (Phi) is 2.52. The molecule has 0 radical (unpaired) electrons. The fourth-order valence-electron chi connectivity index (χ4n) is 2.70. The highest BCUT2D eigenvalue weighted by atomic mass is 16.1. The highest BCUT2D eigenvalue weighted by molar-refractivity contribution is 5.80. The van der Waals surface area contributed by atoms with Gasteiger partial charge < -0.3 is 10.3 Å². The first-order valence-electron chi connectivity index (χ1n) is 6.43. The van der Waals surface area contributed by atoms with E-state index >= 15 is 0 Å². The fourth-order valence-corrected chi connectivity index (χ4v) is 2.70. The monoisotopic (exact) mass is 242 g/mol. The van der Waals surface area contributed by atoms with Crippen molar-refractivity contribution in [1.82, 2.24) is 10.3 Å². The van der Waals surface area contributed by atoms with Gasteiger partial charge in [-0.05, 0) is 56.0 Å². The van der Waals surface area contributed by atoms with Gasteiger partial charge in [0.15, 0.2) is 0 Å². The largest absolute Gasteiger partial charge is 0.322 e. The van der Waals surface area contributed by atoms with Crippen molar-refractivity contribution in [2.45, 2.75) is 25.2 Å². The standard InChI is InChI=1S/C15H18N2O/c1-10-7-11-8-12(15(5-6-15)9-16-2)3-4-13(11)17-14(10)18/h3-4,7-8,16H,5-6,9H2,1-2H3,(H,17,18). The minimum absolute atomic E-state index is 0.00612. The number of fused-ring (bicyclic) bond motifs is 1. The van der Waals surface area contributed by atoms with Crippen LogP contribution in [0.1, 0.15) is 24.0 Å². The maximum absolute atomic E-state index is 11.6. The summed E-state index contributed by atoms with van der Waals surface area (Å²) in [6.07, 6.45) is 2.50. The van der Waals surface area contributed by atoms with Crippen molar-refractivity contribution in [3.05, 3.63) is 45.7 Å². The quantitative estimate of drug-likeness (QED) is 0.865. The van der Waals surface area contributed by atoms with Gasteiger partial charge in [-0.3, -0.25) is 4.79 Å². The number of rotatable bonds is 3. The molecule has 1 aromatic heterocycles. The van der Waals surface area contributed by atoms with E-state index in [4.69, 9.17) is 0 Å². The molecule has 1 heterocycles. The summed E-state index contributed by atoms with van der Waals surface area (Å²) in [5, 5.41) is 4.41. The molecule has 2 N–H and O–H groups in total. The van der Waals surface area contributed by atoms with Crippen LogP contribution in [-0.2, 0) is 5.41 Å². The number of aromatic nitrogens is 1. The van der Waals surface area contributed by atoms with Crippen molar-refractivity contribution in [2.75, 3.05) is 13.6 Å². The van der Waals surface area contributed by atoms with Crippen LogP contribution in [0.4, 0.5) is 0 Å². The summed E-state index contributed by atoms with van der Waals surface area (Å²) in [5.41, 5.74) is 3.42. The molecule has 0 saturated heterocycles. The minimum atomic E-state index is 0.00612. The predicted octanol–water partition coefficient (Wildman–Crippen LogP) is 2.09. The lowest BCUT2D eigenvalue weighted by Gasteiger charge is -2.15. The Morgan fingerprint density at radius 2 is 2.11 bits per heavy atom. The molecule has 1 saturated carbocycles. The fraction of sp³-hybridized carbons (Fsp3) is 0.400. The number of benzene rings is 1. The second-order valence-corrected chi connectivity index (χ2v) is 5.39. The summed E-state index contributed by atoms with van der Waals surface area (Å²) in [4.78, 5) is 14.5. The van der Waals surface area contributed by atoms with E-state index in [0.717, 1.165) is 23.0 Å². The van der Waals surface area contributed by atoms with Crippen molar-refractivity contribution in [3.8, 4) is 0 Å². The number of hydrogen-bond donors (Lipinski definition) is 2. The molecule has 0 atom stereocenters. The van der Waals surface area contributed by atoms with Crippen LogP contribution in [0.15, 0.2) is 29.1 Å². The van der Waals surface area contributed by atoms with Gasteiger partial charge in [0.05, 0.1) is 0 Å². The van der Waals surface area contributed by atoms with Gasteiger partial charge in [-0.1, -0.05) is 6.07 Å². The molecule has 0 amide bonds. The maximum atomic E-state index is 11.6. The summed E-state index contributed by atoms with van der Waals surface area (Å²) < 4.78 is 0. The zero-order valence-electron chi connectivity index (χ0n) is 10.8. The van der Waals surface area contributed by atoms with E-state index in [1.54, 1.807) is 0 Å². The average Bonchev–Trinajstić information content (AvgIpc) is 3.11. The first-order valence-corrected chi connectivity index (χ1v) is 6.43. The van der Waals surface area contributed by atoms with Crippen LogP contribution in [-0.4, -0.2) is 18.6 Å². The van der Waals surface area contributed by atoms with E-state index in [1.807, 2.05) is 26.1 Å². The molecule has 1 aliphatic rings. The molecule has 3 nitrogen and oxygen atoms in total. The third kappa shape index (κ3) is 1.75. The Balaban J connectivity index is 2.11. The van der Waals surface area contributed by atoms with Gasteiger partial charge in [-0.15, -0.1) is 0 Å². The van der Waals surface area contributed by atoms with Crippen molar-refractivity contribution in [2.24, 2.45) is 0 Å². The Bertz CT molecular complexity index is 653. The number of H-pyrrole nitrogens is 1. The van der Waals surface area contributed by atoms with E-state index in [-0.39, 0.29) is 5.56 Å². The van der Waals surface area contributed by atoms with Gasteiger partial charge >= 0.3 is 0 Å². The normalized spacial score (nSPS) is 17.0. The summed E-state index contributed by atoms with van der Waals surface area (Å²) in [6, 6.07) is 8.38. The lowest BCUT2D eigenvalue weighted by atomic mass is 9.94. The minimum Gasteiger partial charge on any atom is -0.322 e. The highest BCUT2D eigenvalue weighted by Crippen LogP contribution is 2.48. The Hall–Kier alpha value is -1.61. The first kappa shape index (κ1) is 11.5. The molecular weight excluding hydrogens is 224 g/mol. The van der Waals surface area contributed by atoms with Gasteiger partial charge in [0.25, 0.3) is 5.56 Å². The number of aromatic amines is 1. The van der Waals surface area contributed by atoms with E-state index in [9.17, 15) is 4.79 Å². The molecule has 3 heteroatoms. The van der Waals surface area contributed by atoms with Gasteiger partial charge in [-0.25, -0.2) is 0 Å². The second kappa shape index (κ2) is 3.95. The van der Waals surface area contributed by atoms with Crippen LogP contribution in [0.25, 0.3) is 10.9 Å². The maximum Gasteiger partial charge on any atom is 0.251 e. The molecule has 18 heavy (non-hydrogen) atoms. The summed E-state index contributed by atoms with van der Waals surface area (Å²) >= 11 is 0. The number of pyridine rings is 1. The average molecular weight is 242 g/mol. The molecule has 0 unspecified atom stereocenters. The SMILES string of the molecule is CNCC1(c2ccc3[nH]c(=O)c(C)cc3c2)CC1. The number of hydrogen-bond acceptors (Lipinski definition) is 2. The van der Waals surface area contributed by atoms with Crippen molar-refractivity contribution >= 4 is 10.9 Å². The third-order valence-electron chi connectivity index (χ3n) is 4.01. The molecule has 2 aromatic rings. The number of aryl methyl sites for hydroxylation is 1. The van der Waals surface area contributed by atoms with E-state index in [2.05, 4.69) is 22.4 Å². The van der Waals surface area contributed by atoms with E-state index in [1.165, 1.54) is 18.4 Å². The van der Waals surface area contributed by atoms with E-state index < -0.39 is 0 Å². The molecule has 94 valence electrons. The molecular formula is C15H18N2O. The molecule has 1 fully saturated rings. The summed E-state index contributed by atoms with van der Waals surface area (Å²) in [6.45, 7) is 2.88. The second-order valence-electron chi connectivity index (χ2n) is 5.39. The van der Waals surface area contributed by atoms with Crippen molar-refractivity contribution < 1.29 is 0 Å². The highest BCUT2D eigenvalue weighted by Gasteiger charge is 2.43. The zero-order valence-corrected chi connectivity index (χ0v) is 10.8. The smallest absolute Gasteiger partial charge is 0.251 e. The molecule has 1 aromatic carbocycles. The van der Waals surface area contributed by atoms with Crippen LogP contribution in [0, 0.1) is 6.92 Å². The van der Waals surface area contributed by atoms with Crippen molar-refractivity contribution in [3.63, 3.8) is 0 Å². The number of nitrogens with one attached hydrogen (secondary N) is 2. The van der Waals surface area contributed by atoms with Gasteiger partial charge in [0, 0.05) is 23.0 Å². The molecule has 0 spiro atoms. The molecule has 0 bridgehead atoms. The number of likely N-dealkylation sites (N-methyl/N-ethyl adjacent to an activating group) is 1. The van der Waals surface area contributed by atoms with Crippen LogP contribution < -0.4 is 10.9 Å². The Morgan fingerprint density at radius 3 is 2.78 bits per heavy atom. The third-order valence-corrected chi connectivity index (χ3v) is 4.01. The molecule has 1 aliphatic carbocycles. The molecule has 0 aliphatic heterocycles. The van der Waals surface area contributed by atoms with Crippen molar-refractivity contribution in [1.29, 1.82) is 0 Å². The van der Waals surface area contributed by atoms with Gasteiger partial charge in [-0.2, -0.15) is 0 Å². The first-order chi connectivity index (χ1) is 8.64. The van der Waals surface area contributed by atoms with Crippen LogP contribution >= 0.6 is 0 Å². The van der Waals surface area contributed by atoms with Crippen LogP contribution in [0.2, 0.25) is 0 Å².